The van der Waals surface area contributed by atoms with E-state index in [1.807, 2.05) is 0 Å². The summed E-state index contributed by atoms with van der Waals surface area (Å²) in [5.41, 5.74) is 0. The molecule has 0 unspecified atom stereocenters. The Morgan fingerprint density at radius 3 is 2.00 bits per heavy atom. The van der Waals surface area contributed by atoms with E-state index >= 15 is 0 Å². The maximum absolute atomic E-state index is 10.4. The van der Waals surface area contributed by atoms with E-state index in [2.05, 4.69) is 17.6 Å². The number of carboxylic acids is 1. The number of nitrogens with one attached hydrogen (secondary N) is 2. The van der Waals surface area contributed by atoms with Crippen LogP contribution in [0.25, 0.3) is 0 Å². The molecular formula is C18H38N2O3. The van der Waals surface area contributed by atoms with Gasteiger partial charge in [0.1, 0.15) is 0 Å². The largest absolute Gasteiger partial charge is 0.481 e. The highest BCUT2D eigenvalue weighted by molar-refractivity contribution is 5.66. The van der Waals surface area contributed by atoms with Gasteiger partial charge in [0.05, 0.1) is 0 Å². The number of carbonyl (C=O) groups is 1. The van der Waals surface area contributed by atoms with Crippen LogP contribution in [0.3, 0.4) is 0 Å². The SMILES string of the molecule is CCNCCNCCCCOCCCCCCCCCC(=O)O. The van der Waals surface area contributed by atoms with Crippen LogP contribution in [0.2, 0.25) is 0 Å². The van der Waals surface area contributed by atoms with Crippen molar-refractivity contribution in [1.29, 1.82) is 0 Å². The van der Waals surface area contributed by atoms with Gasteiger partial charge in [-0.1, -0.05) is 39.0 Å². The van der Waals surface area contributed by atoms with Crippen LogP contribution in [0.5, 0.6) is 0 Å². The summed E-state index contributed by atoms with van der Waals surface area (Å²) in [5.74, 6) is -0.675. The molecule has 5 heteroatoms. The molecule has 23 heavy (non-hydrogen) atoms. The minimum Gasteiger partial charge on any atom is -0.481 e. The van der Waals surface area contributed by atoms with Crippen molar-refractivity contribution in [3.05, 3.63) is 0 Å². The molecule has 0 atom stereocenters. The molecule has 0 aliphatic carbocycles. The van der Waals surface area contributed by atoms with Crippen LogP contribution in [0.4, 0.5) is 0 Å². The number of hydrogen-bond donors (Lipinski definition) is 3. The molecule has 0 amide bonds. The van der Waals surface area contributed by atoms with Gasteiger partial charge in [0.25, 0.3) is 0 Å². The average Bonchev–Trinajstić information content (AvgIpc) is 2.53. The summed E-state index contributed by atoms with van der Waals surface area (Å²) in [6.45, 7) is 8.10. The van der Waals surface area contributed by atoms with Gasteiger partial charge in [-0.3, -0.25) is 4.79 Å². The summed E-state index contributed by atoms with van der Waals surface area (Å²) in [5, 5.41) is 15.2. The van der Waals surface area contributed by atoms with Gasteiger partial charge < -0.3 is 20.5 Å². The minimum atomic E-state index is -0.675. The molecule has 0 saturated heterocycles. The Bertz CT molecular complexity index is 250. The van der Waals surface area contributed by atoms with Gasteiger partial charge in [-0.25, -0.2) is 0 Å². The van der Waals surface area contributed by atoms with E-state index in [1.54, 1.807) is 0 Å². The predicted molar refractivity (Wildman–Crippen MR) is 96.0 cm³/mol. The zero-order valence-corrected chi connectivity index (χ0v) is 15.1. The molecule has 0 fully saturated rings. The van der Waals surface area contributed by atoms with Crippen molar-refractivity contribution >= 4 is 5.97 Å². The zero-order chi connectivity index (χ0) is 17.0. The highest BCUT2D eigenvalue weighted by Crippen LogP contribution is 2.08. The molecule has 0 aromatic carbocycles. The first kappa shape index (κ1) is 22.4. The molecule has 0 bridgehead atoms. The molecule has 0 aliphatic rings. The summed E-state index contributed by atoms with van der Waals surface area (Å²) in [4.78, 5) is 10.4. The summed E-state index contributed by atoms with van der Waals surface area (Å²) < 4.78 is 5.64. The highest BCUT2D eigenvalue weighted by Gasteiger charge is 1.97. The van der Waals surface area contributed by atoms with Crippen molar-refractivity contribution in [2.75, 3.05) is 39.4 Å². The lowest BCUT2D eigenvalue weighted by Gasteiger charge is -2.06. The fourth-order valence-electron chi connectivity index (χ4n) is 2.40. The van der Waals surface area contributed by atoms with Gasteiger partial charge in [-0.2, -0.15) is 0 Å². The van der Waals surface area contributed by atoms with Crippen LogP contribution in [-0.2, 0) is 9.53 Å². The molecule has 3 N–H and O–H groups in total. The number of ether oxygens (including phenoxy) is 1. The molecule has 0 rings (SSSR count). The third kappa shape index (κ3) is 21.4. The van der Waals surface area contributed by atoms with Crippen LogP contribution >= 0.6 is 0 Å². The van der Waals surface area contributed by atoms with Gasteiger partial charge in [0, 0.05) is 32.7 Å². The topological polar surface area (TPSA) is 70.6 Å². The first-order chi connectivity index (χ1) is 11.3. The second kappa shape index (κ2) is 19.4. The van der Waals surface area contributed by atoms with Crippen molar-refractivity contribution in [3.8, 4) is 0 Å². The van der Waals surface area contributed by atoms with Gasteiger partial charge >= 0.3 is 5.97 Å². The number of aliphatic carboxylic acids is 1. The van der Waals surface area contributed by atoms with Crippen LogP contribution in [0.15, 0.2) is 0 Å². The zero-order valence-electron chi connectivity index (χ0n) is 15.1. The van der Waals surface area contributed by atoms with E-state index in [0.29, 0.717) is 6.42 Å². The van der Waals surface area contributed by atoms with E-state index in [9.17, 15) is 4.79 Å². The number of likely N-dealkylation sites (N-methyl/N-ethyl adjacent to an activating group) is 1. The second-order valence-electron chi connectivity index (χ2n) is 6.04. The summed E-state index contributed by atoms with van der Waals surface area (Å²) >= 11 is 0. The number of rotatable bonds is 19. The molecular weight excluding hydrogens is 292 g/mol. The van der Waals surface area contributed by atoms with Crippen molar-refractivity contribution in [2.24, 2.45) is 0 Å². The molecule has 0 spiro atoms. The Kier molecular flexibility index (Phi) is 18.8. The van der Waals surface area contributed by atoms with E-state index in [0.717, 1.165) is 71.5 Å². The number of hydrogen-bond acceptors (Lipinski definition) is 4. The van der Waals surface area contributed by atoms with Crippen LogP contribution in [0, 0.1) is 0 Å². The first-order valence-electron chi connectivity index (χ1n) is 9.48. The first-order valence-corrected chi connectivity index (χ1v) is 9.48. The minimum absolute atomic E-state index is 0.318. The molecule has 0 heterocycles. The third-order valence-electron chi connectivity index (χ3n) is 3.80. The monoisotopic (exact) mass is 330 g/mol. The van der Waals surface area contributed by atoms with Gasteiger partial charge in [-0.05, 0) is 38.8 Å². The standard InChI is InChI=1S/C18H38N2O3/c1-2-19-14-15-20-13-9-11-17-23-16-10-7-5-3-4-6-8-12-18(21)22/h19-20H,2-17H2,1H3,(H,21,22). The smallest absolute Gasteiger partial charge is 0.303 e. The molecule has 0 saturated carbocycles. The van der Waals surface area contributed by atoms with E-state index in [1.165, 1.54) is 25.7 Å². The summed E-state index contributed by atoms with van der Waals surface area (Å²) in [6, 6.07) is 0. The van der Waals surface area contributed by atoms with Crippen molar-refractivity contribution in [3.63, 3.8) is 0 Å². The maximum Gasteiger partial charge on any atom is 0.303 e. The Labute approximate surface area is 142 Å². The Morgan fingerprint density at radius 2 is 1.35 bits per heavy atom. The lowest BCUT2D eigenvalue weighted by atomic mass is 10.1. The Balaban J connectivity index is 2.96. The third-order valence-corrected chi connectivity index (χ3v) is 3.80. The molecule has 0 aromatic rings. The lowest BCUT2D eigenvalue weighted by molar-refractivity contribution is -0.137. The van der Waals surface area contributed by atoms with E-state index in [4.69, 9.17) is 9.84 Å². The predicted octanol–water partition coefficient (Wildman–Crippen LogP) is 3.19. The van der Waals surface area contributed by atoms with E-state index in [-0.39, 0.29) is 0 Å². The average molecular weight is 331 g/mol. The van der Waals surface area contributed by atoms with Crippen LogP contribution in [-0.4, -0.2) is 50.5 Å². The highest BCUT2D eigenvalue weighted by atomic mass is 16.5. The molecule has 0 aromatic heterocycles. The number of carboxylic acid groups (broad SMARTS) is 1. The molecule has 0 radical (unpaired) electrons. The molecule has 138 valence electrons. The van der Waals surface area contributed by atoms with Crippen LogP contribution < -0.4 is 10.6 Å². The van der Waals surface area contributed by atoms with E-state index < -0.39 is 5.97 Å². The lowest BCUT2D eigenvalue weighted by Crippen LogP contribution is -2.27. The van der Waals surface area contributed by atoms with Crippen molar-refractivity contribution in [1.82, 2.24) is 10.6 Å². The normalized spacial score (nSPS) is 11.0. The van der Waals surface area contributed by atoms with Crippen molar-refractivity contribution < 1.29 is 14.6 Å². The van der Waals surface area contributed by atoms with Gasteiger partial charge in [-0.15, -0.1) is 0 Å². The van der Waals surface area contributed by atoms with Gasteiger partial charge in [0.2, 0.25) is 0 Å². The fourth-order valence-corrected chi connectivity index (χ4v) is 2.40. The maximum atomic E-state index is 10.4. The Hall–Kier alpha value is -0.650. The quantitative estimate of drug-likeness (QED) is 0.317. The van der Waals surface area contributed by atoms with Crippen LogP contribution in [0.1, 0.15) is 71.1 Å². The van der Waals surface area contributed by atoms with Crippen molar-refractivity contribution in [2.45, 2.75) is 71.1 Å². The summed E-state index contributed by atoms with van der Waals surface area (Å²) in [7, 11) is 0. The number of unbranched alkanes of at least 4 members (excludes halogenated alkanes) is 7. The summed E-state index contributed by atoms with van der Waals surface area (Å²) in [6.07, 6.45) is 10.5. The molecule has 0 aliphatic heterocycles. The Morgan fingerprint density at radius 1 is 0.783 bits per heavy atom. The van der Waals surface area contributed by atoms with Gasteiger partial charge in [0.15, 0.2) is 0 Å². The molecule has 5 nitrogen and oxygen atoms in total. The second-order valence-corrected chi connectivity index (χ2v) is 6.04. The fraction of sp³-hybridized carbons (Fsp3) is 0.944.